The lowest BCUT2D eigenvalue weighted by Gasteiger charge is -2.35. The lowest BCUT2D eigenvalue weighted by atomic mass is 9.64. The van der Waals surface area contributed by atoms with Gasteiger partial charge in [0.2, 0.25) is 0 Å². The van der Waals surface area contributed by atoms with Crippen LogP contribution in [0.15, 0.2) is 42.7 Å². The third kappa shape index (κ3) is 2.01. The van der Waals surface area contributed by atoms with E-state index in [1.165, 1.54) is 0 Å². The average Bonchev–Trinajstić information content (AvgIpc) is 2.84. The van der Waals surface area contributed by atoms with Crippen LogP contribution in [-0.4, -0.2) is 26.6 Å². The number of hydrogen-bond donors (Lipinski definition) is 1. The maximum Gasteiger partial charge on any atom is 0.315 e. The van der Waals surface area contributed by atoms with Gasteiger partial charge in [0.1, 0.15) is 11.2 Å². The number of carboxylic acid groups (broad SMARTS) is 1. The molecule has 0 atom stereocenters. The summed E-state index contributed by atoms with van der Waals surface area (Å²) in [5.74, 6) is -0.959. The second kappa shape index (κ2) is 4.59. The van der Waals surface area contributed by atoms with Gasteiger partial charge in [-0.15, -0.1) is 0 Å². The smallest absolute Gasteiger partial charge is 0.315 e. The van der Waals surface area contributed by atoms with Crippen LogP contribution >= 0.6 is 0 Å². The molecule has 1 aliphatic rings. The van der Waals surface area contributed by atoms with Crippen molar-refractivity contribution >= 4 is 11.8 Å². The van der Waals surface area contributed by atoms with Gasteiger partial charge in [0.05, 0.1) is 12.7 Å². The van der Waals surface area contributed by atoms with E-state index in [4.69, 9.17) is 0 Å². The van der Waals surface area contributed by atoms with Crippen LogP contribution in [0.5, 0.6) is 0 Å². The highest BCUT2D eigenvalue weighted by molar-refractivity contribution is 6.01. The summed E-state index contributed by atoms with van der Waals surface area (Å²) in [5, 5.41) is 13.6. The van der Waals surface area contributed by atoms with E-state index in [9.17, 15) is 14.7 Å². The number of Topliss-reactive ketones (excluding diaryl/α,β-unsaturated/α-hetero) is 1. The first kappa shape index (κ1) is 12.6. The summed E-state index contributed by atoms with van der Waals surface area (Å²) in [6.07, 6.45) is 3.43. The summed E-state index contributed by atoms with van der Waals surface area (Å²) in [6, 6.07) is 9.81. The molecule has 1 aromatic heterocycles. The van der Waals surface area contributed by atoms with Crippen LogP contribution in [0, 0.1) is 0 Å². The highest BCUT2D eigenvalue weighted by atomic mass is 16.4. The van der Waals surface area contributed by atoms with Crippen LogP contribution in [0.2, 0.25) is 0 Å². The standard InChI is InChI=1S/C15H14N2O3/c18-13-6-15(7-13,14(19)20)12-8-16-17(10-12)9-11-4-2-1-3-5-11/h1-5,8,10H,6-7,9H2,(H,19,20). The number of ketones is 1. The molecule has 1 N–H and O–H groups in total. The fraction of sp³-hybridized carbons (Fsp3) is 0.267. The topological polar surface area (TPSA) is 72.2 Å². The fourth-order valence-corrected chi connectivity index (χ4v) is 2.57. The predicted molar refractivity (Wildman–Crippen MR) is 71.3 cm³/mol. The summed E-state index contributed by atoms with van der Waals surface area (Å²) in [7, 11) is 0. The van der Waals surface area contributed by atoms with Crippen molar-refractivity contribution < 1.29 is 14.7 Å². The van der Waals surface area contributed by atoms with E-state index in [1.54, 1.807) is 17.1 Å². The van der Waals surface area contributed by atoms with Crippen LogP contribution in [0.25, 0.3) is 0 Å². The minimum Gasteiger partial charge on any atom is -0.481 e. The fourth-order valence-electron chi connectivity index (χ4n) is 2.57. The summed E-state index contributed by atoms with van der Waals surface area (Å²) >= 11 is 0. The zero-order chi connectivity index (χ0) is 14.2. The summed E-state index contributed by atoms with van der Waals surface area (Å²) < 4.78 is 1.71. The molecular weight excluding hydrogens is 256 g/mol. The zero-order valence-electron chi connectivity index (χ0n) is 10.8. The van der Waals surface area contributed by atoms with Crippen LogP contribution in [0.4, 0.5) is 0 Å². The normalized spacial score (nSPS) is 16.7. The van der Waals surface area contributed by atoms with Gasteiger partial charge in [-0.05, 0) is 5.56 Å². The Balaban J connectivity index is 1.83. The lowest BCUT2D eigenvalue weighted by molar-refractivity contribution is -0.153. The zero-order valence-corrected chi connectivity index (χ0v) is 10.8. The molecule has 1 heterocycles. The first-order valence-corrected chi connectivity index (χ1v) is 6.42. The Morgan fingerprint density at radius 1 is 1.30 bits per heavy atom. The lowest BCUT2D eigenvalue weighted by Crippen LogP contribution is -2.48. The van der Waals surface area contributed by atoms with E-state index in [-0.39, 0.29) is 18.6 Å². The summed E-state index contributed by atoms with van der Waals surface area (Å²) in [6.45, 7) is 0.588. The SMILES string of the molecule is O=C1CC(C(=O)O)(c2cnn(Cc3ccccc3)c2)C1. The molecule has 0 spiro atoms. The Morgan fingerprint density at radius 2 is 2.00 bits per heavy atom. The van der Waals surface area contributed by atoms with Crippen LogP contribution in [0.3, 0.4) is 0 Å². The molecule has 0 unspecified atom stereocenters. The number of carboxylic acids is 1. The molecule has 0 radical (unpaired) electrons. The first-order chi connectivity index (χ1) is 9.60. The third-order valence-corrected chi connectivity index (χ3v) is 3.78. The van der Waals surface area contributed by atoms with Gasteiger partial charge >= 0.3 is 5.97 Å². The molecule has 2 aromatic rings. The minimum absolute atomic E-state index is 0.0109. The van der Waals surface area contributed by atoms with Crippen molar-refractivity contribution in [2.24, 2.45) is 0 Å². The molecule has 3 rings (SSSR count). The van der Waals surface area contributed by atoms with Gasteiger partial charge in [-0.1, -0.05) is 30.3 Å². The maximum absolute atomic E-state index is 11.4. The molecule has 1 aliphatic carbocycles. The van der Waals surface area contributed by atoms with Gasteiger partial charge in [0, 0.05) is 24.6 Å². The summed E-state index contributed by atoms with van der Waals surface area (Å²) in [4.78, 5) is 22.6. The van der Waals surface area contributed by atoms with Gasteiger partial charge in [-0.3, -0.25) is 14.3 Å². The van der Waals surface area contributed by atoms with Gasteiger partial charge in [-0.2, -0.15) is 5.10 Å². The van der Waals surface area contributed by atoms with Gasteiger partial charge in [0.25, 0.3) is 0 Å². The van der Waals surface area contributed by atoms with Crippen LogP contribution in [0.1, 0.15) is 24.0 Å². The minimum atomic E-state index is -1.06. The molecule has 5 nitrogen and oxygen atoms in total. The molecule has 20 heavy (non-hydrogen) atoms. The molecule has 0 aliphatic heterocycles. The van der Waals surface area contributed by atoms with Crippen molar-refractivity contribution in [2.45, 2.75) is 24.8 Å². The Bertz CT molecular complexity index is 653. The molecular formula is C15H14N2O3. The van der Waals surface area contributed by atoms with Crippen molar-refractivity contribution in [2.75, 3.05) is 0 Å². The van der Waals surface area contributed by atoms with Crippen molar-refractivity contribution in [3.05, 3.63) is 53.9 Å². The maximum atomic E-state index is 11.4. The first-order valence-electron chi connectivity index (χ1n) is 6.42. The van der Waals surface area contributed by atoms with E-state index in [0.717, 1.165) is 5.56 Å². The van der Waals surface area contributed by atoms with Gasteiger partial charge in [0.15, 0.2) is 0 Å². The number of hydrogen-bond acceptors (Lipinski definition) is 3. The Morgan fingerprint density at radius 3 is 2.60 bits per heavy atom. The molecule has 1 fully saturated rings. The number of rotatable bonds is 4. The monoisotopic (exact) mass is 270 g/mol. The second-order valence-electron chi connectivity index (χ2n) is 5.19. The molecule has 0 amide bonds. The number of aliphatic carboxylic acids is 1. The number of aromatic nitrogens is 2. The largest absolute Gasteiger partial charge is 0.481 e. The average molecular weight is 270 g/mol. The number of nitrogens with zero attached hydrogens (tertiary/aromatic N) is 2. The Labute approximate surface area is 115 Å². The Hall–Kier alpha value is -2.43. The predicted octanol–water partition coefficient (Wildman–Crippen LogP) is 1.62. The second-order valence-corrected chi connectivity index (χ2v) is 5.19. The number of benzene rings is 1. The van der Waals surface area contributed by atoms with E-state index in [0.29, 0.717) is 12.1 Å². The van der Waals surface area contributed by atoms with Crippen molar-refractivity contribution in [1.29, 1.82) is 0 Å². The van der Waals surface area contributed by atoms with Crippen molar-refractivity contribution in [1.82, 2.24) is 9.78 Å². The molecule has 5 heteroatoms. The molecule has 0 saturated heterocycles. The third-order valence-electron chi connectivity index (χ3n) is 3.78. The van der Waals surface area contributed by atoms with Gasteiger partial charge < -0.3 is 5.11 Å². The van der Waals surface area contributed by atoms with E-state index in [1.807, 2.05) is 30.3 Å². The van der Waals surface area contributed by atoms with E-state index >= 15 is 0 Å². The highest BCUT2D eigenvalue weighted by Crippen LogP contribution is 2.41. The Kier molecular flexibility index (Phi) is 2.89. The highest BCUT2D eigenvalue weighted by Gasteiger charge is 2.52. The van der Waals surface area contributed by atoms with Crippen LogP contribution in [-0.2, 0) is 21.5 Å². The molecule has 1 saturated carbocycles. The van der Waals surface area contributed by atoms with Crippen molar-refractivity contribution in [3.63, 3.8) is 0 Å². The van der Waals surface area contributed by atoms with Crippen LogP contribution < -0.4 is 0 Å². The van der Waals surface area contributed by atoms with Crippen molar-refractivity contribution in [3.8, 4) is 0 Å². The molecule has 1 aromatic carbocycles. The quantitative estimate of drug-likeness (QED) is 0.916. The molecule has 102 valence electrons. The van der Waals surface area contributed by atoms with Gasteiger partial charge in [-0.25, -0.2) is 0 Å². The number of carbonyl (C=O) groups is 2. The van der Waals surface area contributed by atoms with E-state index < -0.39 is 11.4 Å². The molecule has 0 bridgehead atoms. The van der Waals surface area contributed by atoms with E-state index in [2.05, 4.69) is 5.10 Å². The number of carbonyl (C=O) groups excluding carboxylic acids is 1. The summed E-state index contributed by atoms with van der Waals surface area (Å²) in [5.41, 5.74) is 0.642.